The maximum absolute atomic E-state index is 13.4. The Hall–Kier alpha value is -2.60. The van der Waals surface area contributed by atoms with Gasteiger partial charge in [-0.3, -0.25) is 4.79 Å². The molecule has 1 aliphatic heterocycles. The Balaban J connectivity index is 1.39. The maximum Gasteiger partial charge on any atom is 0.272 e. The number of rotatable bonds is 7. The molecule has 0 bridgehead atoms. The monoisotopic (exact) mass is 474 g/mol. The third kappa shape index (κ3) is 5.07. The summed E-state index contributed by atoms with van der Waals surface area (Å²) in [5.41, 5.74) is 5.45. The fourth-order valence-corrected chi connectivity index (χ4v) is 5.40. The van der Waals surface area contributed by atoms with Crippen LogP contribution in [-0.2, 0) is 12.8 Å². The van der Waals surface area contributed by atoms with Crippen LogP contribution in [-0.4, -0.2) is 42.9 Å². The lowest BCUT2D eigenvalue weighted by Gasteiger charge is -2.27. The zero-order chi connectivity index (χ0) is 23.7. The van der Waals surface area contributed by atoms with Crippen molar-refractivity contribution in [1.29, 1.82) is 0 Å². The molecule has 1 saturated heterocycles. The molecule has 0 radical (unpaired) electrons. The lowest BCUT2D eigenvalue weighted by Crippen LogP contribution is -2.38. The average Bonchev–Trinajstić information content (AvgIpc) is 3.58. The van der Waals surface area contributed by atoms with E-state index < -0.39 is 0 Å². The van der Waals surface area contributed by atoms with Crippen molar-refractivity contribution in [3.05, 3.63) is 53.3 Å². The number of carbonyl (C=O) groups excluding carboxylic acids is 1. The van der Waals surface area contributed by atoms with Crippen molar-refractivity contribution in [3.63, 3.8) is 0 Å². The van der Waals surface area contributed by atoms with Crippen LogP contribution >= 0.6 is 12.2 Å². The summed E-state index contributed by atoms with van der Waals surface area (Å²) in [7, 11) is 0. The fraction of sp³-hybridized carbons (Fsp3) is 0.500. The molecule has 2 aliphatic rings. The van der Waals surface area contributed by atoms with Crippen LogP contribution in [0.1, 0.15) is 80.5 Å². The van der Waals surface area contributed by atoms with Crippen LogP contribution in [0.5, 0.6) is 0 Å². The van der Waals surface area contributed by atoms with Crippen LogP contribution in [0.15, 0.2) is 36.4 Å². The molecule has 0 N–H and O–H groups in total. The number of amides is 1. The molecule has 5 nitrogen and oxygen atoms in total. The Bertz CT molecular complexity index is 1200. The summed E-state index contributed by atoms with van der Waals surface area (Å²) in [6, 6.07) is 12.7. The molecule has 1 saturated carbocycles. The predicted octanol–water partition coefficient (Wildman–Crippen LogP) is 6.08. The van der Waals surface area contributed by atoms with E-state index in [0.717, 1.165) is 72.0 Å². The number of likely N-dealkylation sites (tertiary alicyclic amines) is 1. The highest BCUT2D eigenvalue weighted by atomic mass is 32.1. The first-order valence-electron chi connectivity index (χ1n) is 12.8. The average molecular weight is 475 g/mol. The molecule has 3 aromatic rings. The number of benzene rings is 1. The lowest BCUT2D eigenvalue weighted by molar-refractivity contribution is 0.0692. The van der Waals surface area contributed by atoms with Crippen molar-refractivity contribution < 1.29 is 4.79 Å². The number of aryl methyl sites for hydroxylation is 1. The number of fused-ring (bicyclic) bond motifs is 1. The Morgan fingerprint density at radius 2 is 1.88 bits per heavy atom. The quantitative estimate of drug-likeness (QED) is 0.390. The molecule has 178 valence electrons. The van der Waals surface area contributed by atoms with Crippen LogP contribution in [0, 0.1) is 5.92 Å². The molecule has 1 amide bonds. The van der Waals surface area contributed by atoms with E-state index in [4.69, 9.17) is 22.3 Å². The van der Waals surface area contributed by atoms with Crippen LogP contribution in [0.25, 0.3) is 16.9 Å². The molecule has 1 aromatic carbocycles. The lowest BCUT2D eigenvalue weighted by atomic mass is 10.0. The van der Waals surface area contributed by atoms with Gasteiger partial charge in [-0.2, -0.15) is 5.10 Å². The van der Waals surface area contributed by atoms with Gasteiger partial charge in [-0.1, -0.05) is 56.2 Å². The Labute approximate surface area is 207 Å². The molecule has 1 atom stereocenters. The Morgan fingerprint density at radius 1 is 1.09 bits per heavy atom. The summed E-state index contributed by atoms with van der Waals surface area (Å²) in [5, 5.41) is 4.84. The normalized spacial score (nSPS) is 18.8. The molecule has 34 heavy (non-hydrogen) atoms. The number of hydrogen-bond acceptors (Lipinski definition) is 4. The van der Waals surface area contributed by atoms with E-state index >= 15 is 0 Å². The smallest absolute Gasteiger partial charge is 0.272 e. The van der Waals surface area contributed by atoms with Gasteiger partial charge < -0.3 is 4.90 Å². The highest BCUT2D eigenvalue weighted by Gasteiger charge is 2.25. The van der Waals surface area contributed by atoms with E-state index in [1.807, 2.05) is 21.5 Å². The van der Waals surface area contributed by atoms with Gasteiger partial charge in [-0.25, -0.2) is 9.50 Å². The summed E-state index contributed by atoms with van der Waals surface area (Å²) in [5.74, 6) is 0.880. The minimum absolute atomic E-state index is 0.0425. The van der Waals surface area contributed by atoms with Gasteiger partial charge in [0, 0.05) is 36.3 Å². The Morgan fingerprint density at radius 3 is 2.62 bits per heavy atom. The van der Waals surface area contributed by atoms with Crippen LogP contribution in [0.2, 0.25) is 0 Å². The van der Waals surface area contributed by atoms with Crippen LogP contribution < -0.4 is 0 Å². The van der Waals surface area contributed by atoms with Crippen LogP contribution in [0.3, 0.4) is 0 Å². The predicted molar refractivity (Wildman–Crippen MR) is 140 cm³/mol. The molecule has 0 spiro atoms. The van der Waals surface area contributed by atoms with Gasteiger partial charge in [0.25, 0.3) is 5.91 Å². The highest BCUT2D eigenvalue weighted by molar-refractivity contribution is 7.80. The van der Waals surface area contributed by atoms with E-state index in [2.05, 4.69) is 38.1 Å². The third-order valence-electron chi connectivity index (χ3n) is 7.26. The zero-order valence-corrected chi connectivity index (χ0v) is 21.1. The van der Waals surface area contributed by atoms with Gasteiger partial charge in [0.1, 0.15) is 5.69 Å². The topological polar surface area (TPSA) is 50.5 Å². The second-order valence-electron chi connectivity index (χ2n) is 10.0. The summed E-state index contributed by atoms with van der Waals surface area (Å²) in [6.45, 7) is 5.06. The minimum atomic E-state index is 0.0425. The zero-order valence-electron chi connectivity index (χ0n) is 20.3. The van der Waals surface area contributed by atoms with E-state index in [1.165, 1.54) is 31.2 Å². The largest absolute Gasteiger partial charge is 0.335 e. The third-order valence-corrected chi connectivity index (χ3v) is 7.57. The molecule has 6 heteroatoms. The number of aromatic nitrogens is 3. The molecule has 3 heterocycles. The number of thiocarbonyl (C=S) groups is 1. The van der Waals surface area contributed by atoms with E-state index in [-0.39, 0.29) is 11.9 Å². The first kappa shape index (κ1) is 23.2. The highest BCUT2D eigenvalue weighted by Crippen LogP contribution is 2.33. The molecular weight excluding hydrogens is 440 g/mol. The standard InChI is InChI=1S/C28H34N4OS/c1-3-23-17-26(28(33)31-14-6-4-5-7-19(31)2)29-27-18-25(30-32(23)27)22-12-10-21(11-13-22)16-24(34)15-20-8-9-20/h10-13,17-20H,3-9,14-16H2,1-2H3. The van der Waals surface area contributed by atoms with E-state index in [9.17, 15) is 4.79 Å². The first-order chi connectivity index (χ1) is 16.5. The molecule has 5 rings (SSSR count). The van der Waals surface area contributed by atoms with Gasteiger partial charge in [-0.15, -0.1) is 0 Å². The Kier molecular flexibility index (Phi) is 6.77. The minimum Gasteiger partial charge on any atom is -0.335 e. The summed E-state index contributed by atoms with van der Waals surface area (Å²) in [4.78, 5) is 21.3. The number of hydrogen-bond donors (Lipinski definition) is 0. The van der Waals surface area contributed by atoms with E-state index in [0.29, 0.717) is 5.69 Å². The van der Waals surface area contributed by atoms with Gasteiger partial charge in [0.05, 0.1) is 5.69 Å². The van der Waals surface area contributed by atoms with Crippen molar-refractivity contribution in [3.8, 4) is 11.3 Å². The summed E-state index contributed by atoms with van der Waals surface area (Å²) < 4.78 is 1.89. The molecule has 1 unspecified atom stereocenters. The molecule has 1 aliphatic carbocycles. The fourth-order valence-electron chi connectivity index (χ4n) is 5.00. The molecule has 2 aromatic heterocycles. The van der Waals surface area contributed by atoms with Gasteiger partial charge in [-0.05, 0) is 67.9 Å². The van der Waals surface area contributed by atoms with Crippen molar-refractivity contribution in [2.45, 2.75) is 77.7 Å². The SMILES string of the molecule is CCc1cc(C(=O)N2CCCCCC2C)nc2cc(-c3ccc(CC(=S)CC4CC4)cc3)nn12. The molecule has 2 fully saturated rings. The van der Waals surface area contributed by atoms with Crippen molar-refractivity contribution >= 4 is 28.6 Å². The van der Waals surface area contributed by atoms with Gasteiger partial charge in [0.2, 0.25) is 0 Å². The van der Waals surface area contributed by atoms with Crippen molar-refractivity contribution in [2.24, 2.45) is 5.92 Å². The second-order valence-corrected chi connectivity index (χ2v) is 10.6. The molecular formula is C28H34N4OS. The first-order valence-corrected chi connectivity index (χ1v) is 13.2. The number of nitrogens with zero attached hydrogens (tertiary/aromatic N) is 4. The second kappa shape index (κ2) is 9.95. The van der Waals surface area contributed by atoms with Crippen molar-refractivity contribution in [1.82, 2.24) is 19.5 Å². The van der Waals surface area contributed by atoms with Crippen LogP contribution in [0.4, 0.5) is 0 Å². The van der Waals surface area contributed by atoms with Gasteiger partial charge >= 0.3 is 0 Å². The number of carbonyl (C=O) groups is 1. The van der Waals surface area contributed by atoms with E-state index in [1.54, 1.807) is 0 Å². The summed E-state index contributed by atoms with van der Waals surface area (Å²) >= 11 is 5.59. The van der Waals surface area contributed by atoms with Crippen molar-refractivity contribution in [2.75, 3.05) is 6.54 Å². The summed E-state index contributed by atoms with van der Waals surface area (Å²) in [6.07, 6.45) is 9.94. The maximum atomic E-state index is 13.4. The van der Waals surface area contributed by atoms with Gasteiger partial charge in [0.15, 0.2) is 5.65 Å².